The molecule has 124 valence electrons. The van der Waals surface area contributed by atoms with Crippen LogP contribution in [0.15, 0.2) is 24.3 Å². The van der Waals surface area contributed by atoms with Crippen LogP contribution < -0.4 is 10.6 Å². The van der Waals surface area contributed by atoms with Gasteiger partial charge in [0.25, 0.3) is 0 Å². The van der Waals surface area contributed by atoms with E-state index in [0.717, 1.165) is 12.1 Å². The van der Waals surface area contributed by atoms with Crippen molar-refractivity contribution in [2.75, 3.05) is 6.54 Å². The predicted molar refractivity (Wildman–Crippen MR) is 80.3 cm³/mol. The third kappa shape index (κ3) is 5.67. The highest BCUT2D eigenvalue weighted by Crippen LogP contribution is 2.30. The van der Waals surface area contributed by atoms with E-state index in [1.54, 1.807) is 19.9 Å². The van der Waals surface area contributed by atoms with Crippen LogP contribution in [0.3, 0.4) is 0 Å². The number of nitrogens with one attached hydrogen (secondary N) is 2. The van der Waals surface area contributed by atoms with Gasteiger partial charge in [0.2, 0.25) is 5.91 Å². The molecule has 0 aromatic heterocycles. The molecule has 3 nitrogen and oxygen atoms in total. The molecule has 1 aromatic carbocycles. The molecule has 0 aliphatic heterocycles. The van der Waals surface area contributed by atoms with Gasteiger partial charge in [-0.05, 0) is 37.5 Å². The summed E-state index contributed by atoms with van der Waals surface area (Å²) in [7, 11) is 0. The highest BCUT2D eigenvalue weighted by atomic mass is 19.4. The summed E-state index contributed by atoms with van der Waals surface area (Å²) in [6.45, 7) is 7.98. The first kappa shape index (κ1) is 18.5. The molecule has 0 aliphatic carbocycles. The number of halogens is 3. The van der Waals surface area contributed by atoms with Crippen molar-refractivity contribution in [1.29, 1.82) is 0 Å². The Morgan fingerprint density at radius 3 is 2.36 bits per heavy atom. The van der Waals surface area contributed by atoms with Crippen molar-refractivity contribution in [3.8, 4) is 0 Å². The first-order valence-electron chi connectivity index (χ1n) is 7.32. The molecule has 0 spiro atoms. The van der Waals surface area contributed by atoms with E-state index in [1.807, 2.05) is 13.8 Å². The summed E-state index contributed by atoms with van der Waals surface area (Å²) in [5.74, 6) is 0.185. The minimum atomic E-state index is -4.37. The van der Waals surface area contributed by atoms with Crippen LogP contribution in [0.1, 0.15) is 44.9 Å². The fourth-order valence-corrected chi connectivity index (χ4v) is 1.99. The van der Waals surface area contributed by atoms with E-state index in [1.165, 1.54) is 6.07 Å². The highest BCUT2D eigenvalue weighted by Gasteiger charge is 2.30. The summed E-state index contributed by atoms with van der Waals surface area (Å²) < 4.78 is 38.1. The smallest absolute Gasteiger partial charge is 0.354 e. The van der Waals surface area contributed by atoms with Crippen molar-refractivity contribution in [2.24, 2.45) is 5.92 Å². The average molecular weight is 316 g/mol. The van der Waals surface area contributed by atoms with Crippen LogP contribution in [0.4, 0.5) is 13.2 Å². The summed E-state index contributed by atoms with van der Waals surface area (Å²) in [5.41, 5.74) is -0.186. The molecule has 0 aliphatic rings. The molecule has 0 radical (unpaired) electrons. The monoisotopic (exact) mass is 316 g/mol. The van der Waals surface area contributed by atoms with Crippen molar-refractivity contribution in [3.63, 3.8) is 0 Å². The molecule has 1 aromatic rings. The molecule has 6 heteroatoms. The van der Waals surface area contributed by atoms with Gasteiger partial charge < -0.3 is 5.32 Å². The zero-order valence-electron chi connectivity index (χ0n) is 13.3. The van der Waals surface area contributed by atoms with Gasteiger partial charge in [0, 0.05) is 12.6 Å². The Morgan fingerprint density at radius 2 is 1.82 bits per heavy atom. The molecule has 1 rings (SSSR count). The van der Waals surface area contributed by atoms with E-state index in [9.17, 15) is 18.0 Å². The summed E-state index contributed by atoms with van der Waals surface area (Å²) >= 11 is 0. The van der Waals surface area contributed by atoms with E-state index in [4.69, 9.17) is 0 Å². The first-order valence-corrected chi connectivity index (χ1v) is 7.32. The maximum atomic E-state index is 12.7. The van der Waals surface area contributed by atoms with Gasteiger partial charge in [-0.25, -0.2) is 0 Å². The van der Waals surface area contributed by atoms with Crippen LogP contribution in [0.2, 0.25) is 0 Å². The SMILES string of the molecule is CC(C)CNC(=O)C(C)NC(C)c1cccc(C(F)(F)F)c1. The number of alkyl halides is 3. The Kier molecular flexibility index (Phi) is 6.41. The highest BCUT2D eigenvalue weighted by molar-refractivity contribution is 5.81. The zero-order valence-corrected chi connectivity index (χ0v) is 13.3. The van der Waals surface area contributed by atoms with Gasteiger partial charge in [0.05, 0.1) is 11.6 Å². The van der Waals surface area contributed by atoms with Gasteiger partial charge in [-0.3, -0.25) is 10.1 Å². The largest absolute Gasteiger partial charge is 0.416 e. The minimum Gasteiger partial charge on any atom is -0.354 e. The molecular weight excluding hydrogens is 293 g/mol. The number of hydrogen-bond acceptors (Lipinski definition) is 2. The summed E-state index contributed by atoms with van der Waals surface area (Å²) in [4.78, 5) is 11.9. The van der Waals surface area contributed by atoms with E-state index in [-0.39, 0.29) is 11.9 Å². The standard InChI is InChI=1S/C16H23F3N2O/c1-10(2)9-20-15(22)12(4)21-11(3)13-6-5-7-14(8-13)16(17,18)19/h5-8,10-12,21H,9H2,1-4H3,(H,20,22). The second-order valence-corrected chi connectivity index (χ2v) is 5.87. The Bertz CT molecular complexity index is 500. The maximum absolute atomic E-state index is 12.7. The first-order chi connectivity index (χ1) is 10.1. The zero-order chi connectivity index (χ0) is 16.9. The van der Waals surface area contributed by atoms with Gasteiger partial charge in [0.15, 0.2) is 0 Å². The van der Waals surface area contributed by atoms with Crippen molar-refractivity contribution in [2.45, 2.75) is 46.0 Å². The van der Waals surface area contributed by atoms with E-state index >= 15 is 0 Å². The maximum Gasteiger partial charge on any atom is 0.416 e. The van der Waals surface area contributed by atoms with E-state index in [0.29, 0.717) is 18.0 Å². The van der Waals surface area contributed by atoms with Crippen molar-refractivity contribution in [1.82, 2.24) is 10.6 Å². The Balaban J connectivity index is 2.68. The Hall–Kier alpha value is -1.56. The lowest BCUT2D eigenvalue weighted by Gasteiger charge is -2.21. The van der Waals surface area contributed by atoms with Gasteiger partial charge in [-0.2, -0.15) is 13.2 Å². The van der Waals surface area contributed by atoms with Gasteiger partial charge >= 0.3 is 6.18 Å². The fraction of sp³-hybridized carbons (Fsp3) is 0.562. The van der Waals surface area contributed by atoms with E-state index < -0.39 is 17.8 Å². The quantitative estimate of drug-likeness (QED) is 0.843. The molecule has 2 atom stereocenters. The third-order valence-corrected chi connectivity index (χ3v) is 3.29. The number of carbonyl (C=O) groups excluding carboxylic acids is 1. The topological polar surface area (TPSA) is 41.1 Å². The van der Waals surface area contributed by atoms with Gasteiger partial charge in [-0.15, -0.1) is 0 Å². The molecule has 0 heterocycles. The number of amides is 1. The van der Waals surface area contributed by atoms with Crippen LogP contribution in [-0.2, 0) is 11.0 Å². The molecule has 0 saturated carbocycles. The number of hydrogen-bond donors (Lipinski definition) is 2. The number of rotatable bonds is 6. The summed E-state index contributed by atoms with van der Waals surface area (Å²) in [6.07, 6.45) is -4.37. The van der Waals surface area contributed by atoms with Crippen LogP contribution in [0.25, 0.3) is 0 Å². The predicted octanol–water partition coefficient (Wildman–Crippen LogP) is 3.52. The van der Waals surface area contributed by atoms with Gasteiger partial charge in [0.1, 0.15) is 0 Å². The van der Waals surface area contributed by atoms with E-state index in [2.05, 4.69) is 10.6 Å². The minimum absolute atomic E-state index is 0.160. The van der Waals surface area contributed by atoms with Crippen LogP contribution in [-0.4, -0.2) is 18.5 Å². The van der Waals surface area contributed by atoms with Crippen molar-refractivity contribution < 1.29 is 18.0 Å². The van der Waals surface area contributed by atoms with Crippen molar-refractivity contribution >= 4 is 5.91 Å². The molecule has 2 unspecified atom stereocenters. The van der Waals surface area contributed by atoms with Crippen LogP contribution in [0.5, 0.6) is 0 Å². The summed E-state index contributed by atoms with van der Waals surface area (Å²) in [5, 5.41) is 5.81. The van der Waals surface area contributed by atoms with Crippen molar-refractivity contribution in [3.05, 3.63) is 35.4 Å². The third-order valence-electron chi connectivity index (χ3n) is 3.29. The van der Waals surface area contributed by atoms with Crippen LogP contribution in [0, 0.1) is 5.92 Å². The lowest BCUT2D eigenvalue weighted by Crippen LogP contribution is -2.44. The number of benzene rings is 1. The normalized spacial score (nSPS) is 14.7. The number of carbonyl (C=O) groups is 1. The lowest BCUT2D eigenvalue weighted by atomic mass is 10.0. The Morgan fingerprint density at radius 1 is 1.18 bits per heavy atom. The average Bonchev–Trinajstić information content (AvgIpc) is 2.43. The Labute approximate surface area is 129 Å². The fourth-order valence-electron chi connectivity index (χ4n) is 1.99. The van der Waals surface area contributed by atoms with Gasteiger partial charge in [-0.1, -0.05) is 26.0 Å². The van der Waals surface area contributed by atoms with Crippen LogP contribution >= 0.6 is 0 Å². The molecule has 1 amide bonds. The second-order valence-electron chi connectivity index (χ2n) is 5.87. The second kappa shape index (κ2) is 7.63. The summed E-state index contributed by atoms with van der Waals surface area (Å²) in [6, 6.07) is 4.29. The molecular formula is C16H23F3N2O. The molecule has 2 N–H and O–H groups in total. The lowest BCUT2D eigenvalue weighted by molar-refractivity contribution is -0.137. The molecule has 0 saturated heterocycles. The molecule has 0 fully saturated rings. The molecule has 22 heavy (non-hydrogen) atoms. The molecule has 0 bridgehead atoms.